The van der Waals surface area contributed by atoms with Gasteiger partial charge in [-0.3, -0.25) is 14.4 Å². The van der Waals surface area contributed by atoms with E-state index >= 15 is 0 Å². The van der Waals surface area contributed by atoms with E-state index in [1.807, 2.05) is 0 Å². The summed E-state index contributed by atoms with van der Waals surface area (Å²) in [7, 11) is 0. The molecule has 0 aromatic heterocycles. The van der Waals surface area contributed by atoms with Crippen molar-refractivity contribution in [1.29, 1.82) is 0 Å². The topological polar surface area (TPSA) is 78.9 Å². The molecule has 0 saturated heterocycles. The highest BCUT2D eigenvalue weighted by Crippen LogP contribution is 2.19. The van der Waals surface area contributed by atoms with Crippen LogP contribution in [0, 0.1) is 0 Å². The maximum atomic E-state index is 12.9. The lowest BCUT2D eigenvalue weighted by molar-refractivity contribution is -0.167. The minimum absolute atomic E-state index is 0.0650. The molecule has 468 valence electrons. The van der Waals surface area contributed by atoms with Crippen LogP contribution in [0.15, 0.2) is 48.6 Å². The van der Waals surface area contributed by atoms with Crippen molar-refractivity contribution in [2.45, 2.75) is 393 Å². The summed E-state index contributed by atoms with van der Waals surface area (Å²) in [5.74, 6) is -0.838. The van der Waals surface area contributed by atoms with E-state index in [9.17, 15) is 14.4 Å². The van der Waals surface area contributed by atoms with Crippen molar-refractivity contribution >= 4 is 17.9 Å². The number of carbonyl (C=O) groups excluding carboxylic acids is 3. The van der Waals surface area contributed by atoms with Gasteiger partial charge in [0.25, 0.3) is 0 Å². The van der Waals surface area contributed by atoms with E-state index in [1.54, 1.807) is 0 Å². The number of allylic oxidation sites excluding steroid dienone is 8. The summed E-state index contributed by atoms with van der Waals surface area (Å²) in [4.78, 5) is 38.3. The fourth-order valence-electron chi connectivity index (χ4n) is 10.8. The van der Waals surface area contributed by atoms with Gasteiger partial charge in [-0.15, -0.1) is 0 Å². The smallest absolute Gasteiger partial charge is 0.306 e. The Hall–Kier alpha value is -2.63. The first kappa shape index (κ1) is 77.4. The molecule has 0 radical (unpaired) electrons. The number of hydrogen-bond donors (Lipinski definition) is 0. The average Bonchev–Trinajstić information content (AvgIpc) is 3.46. The summed E-state index contributed by atoms with van der Waals surface area (Å²) in [5, 5.41) is 0. The maximum absolute atomic E-state index is 12.9. The lowest BCUT2D eigenvalue weighted by Crippen LogP contribution is -2.30. The lowest BCUT2D eigenvalue weighted by atomic mass is 10.0. The van der Waals surface area contributed by atoms with Crippen LogP contribution in [0.4, 0.5) is 0 Å². The highest BCUT2D eigenvalue weighted by molar-refractivity contribution is 5.71. The fourth-order valence-corrected chi connectivity index (χ4v) is 10.8. The molecule has 0 N–H and O–H groups in total. The second kappa shape index (κ2) is 68.9. The first-order valence-corrected chi connectivity index (χ1v) is 35.6. The first-order valence-electron chi connectivity index (χ1n) is 35.6. The number of ether oxygens (including phenoxy) is 3. The highest BCUT2D eigenvalue weighted by atomic mass is 16.6. The van der Waals surface area contributed by atoms with Crippen LogP contribution in [0.5, 0.6) is 0 Å². The molecule has 0 heterocycles. The molecule has 0 amide bonds. The zero-order chi connectivity index (χ0) is 57.8. The molecular formula is C74H136O6. The van der Waals surface area contributed by atoms with E-state index in [0.29, 0.717) is 19.3 Å². The summed E-state index contributed by atoms with van der Waals surface area (Å²) in [6, 6.07) is 0. The third-order valence-corrected chi connectivity index (χ3v) is 16.1. The zero-order valence-corrected chi connectivity index (χ0v) is 53.9. The van der Waals surface area contributed by atoms with Gasteiger partial charge in [0.05, 0.1) is 0 Å². The van der Waals surface area contributed by atoms with Crippen LogP contribution in [0.2, 0.25) is 0 Å². The Morgan fingerprint density at radius 3 is 0.762 bits per heavy atom. The van der Waals surface area contributed by atoms with Gasteiger partial charge in [0.2, 0.25) is 0 Å². The van der Waals surface area contributed by atoms with E-state index < -0.39 is 6.10 Å². The third kappa shape index (κ3) is 66.2. The molecule has 6 nitrogen and oxygen atoms in total. The second-order valence-corrected chi connectivity index (χ2v) is 24.1. The molecule has 0 fully saturated rings. The molecule has 0 aliphatic rings. The number of hydrogen-bond acceptors (Lipinski definition) is 6. The van der Waals surface area contributed by atoms with Crippen LogP contribution in [0.25, 0.3) is 0 Å². The molecule has 0 aromatic carbocycles. The van der Waals surface area contributed by atoms with Crippen molar-refractivity contribution in [1.82, 2.24) is 0 Å². The normalized spacial score (nSPS) is 12.3. The Morgan fingerprint density at radius 1 is 0.263 bits per heavy atom. The summed E-state index contributed by atoms with van der Waals surface area (Å²) in [6.45, 7) is 6.58. The molecule has 0 spiro atoms. The predicted molar refractivity (Wildman–Crippen MR) is 349 cm³/mol. The quantitative estimate of drug-likeness (QED) is 0.0261. The van der Waals surface area contributed by atoms with E-state index in [0.717, 1.165) is 83.5 Å². The van der Waals surface area contributed by atoms with Gasteiger partial charge < -0.3 is 14.2 Å². The monoisotopic (exact) mass is 1120 g/mol. The number of carbonyl (C=O) groups is 3. The number of rotatable bonds is 66. The summed E-state index contributed by atoms with van der Waals surface area (Å²) in [5.41, 5.74) is 0. The molecule has 80 heavy (non-hydrogen) atoms. The van der Waals surface area contributed by atoms with E-state index in [2.05, 4.69) is 69.4 Å². The van der Waals surface area contributed by atoms with E-state index in [-0.39, 0.29) is 31.1 Å². The summed E-state index contributed by atoms with van der Waals surface area (Å²) < 4.78 is 16.9. The Labute approximate surface area is 498 Å². The van der Waals surface area contributed by atoms with Crippen molar-refractivity contribution in [3.8, 4) is 0 Å². The Balaban J connectivity index is 4.03. The molecule has 0 bridgehead atoms. The van der Waals surface area contributed by atoms with Crippen LogP contribution in [0.1, 0.15) is 387 Å². The molecule has 0 aliphatic heterocycles. The van der Waals surface area contributed by atoms with Gasteiger partial charge in [-0.2, -0.15) is 0 Å². The van der Waals surface area contributed by atoms with E-state index in [1.165, 1.54) is 263 Å². The molecule has 6 heteroatoms. The van der Waals surface area contributed by atoms with Gasteiger partial charge in [-0.1, -0.05) is 358 Å². The van der Waals surface area contributed by atoms with Gasteiger partial charge >= 0.3 is 17.9 Å². The maximum Gasteiger partial charge on any atom is 0.306 e. The van der Waals surface area contributed by atoms with Crippen LogP contribution in [-0.4, -0.2) is 37.2 Å². The largest absolute Gasteiger partial charge is 0.462 e. The SMILES string of the molecule is CC/C=C\C/C=C\C/C=C\C/C=C\CCCCCCCCCCCCCCCCCCCCCCC(=O)OCC(COC(=O)CCCCCCCCCCC)OC(=O)CCCCCCCCCCCCCCCCCCCCCC. The number of esters is 3. The standard InChI is InChI=1S/C74H136O6/c1-4-7-10-13-16-19-21-23-25-27-29-31-32-33-34-35-36-37-38-39-40-41-42-43-45-46-48-50-52-55-58-61-64-67-73(76)79-70-71(69-78-72(75)66-63-60-57-54-18-15-12-9-6-3)80-74(77)68-65-62-59-56-53-51-49-47-44-30-28-26-24-22-20-17-14-11-8-5-2/h7,10,16,19,23,25,29,31,71H,4-6,8-9,11-15,17-18,20-22,24,26-28,30,32-70H2,1-3H3/b10-7-,19-16-,25-23-,31-29-. The first-order chi connectivity index (χ1) is 39.5. The van der Waals surface area contributed by atoms with Crippen LogP contribution < -0.4 is 0 Å². The fraction of sp³-hybridized carbons (Fsp3) is 0.851. The van der Waals surface area contributed by atoms with Crippen molar-refractivity contribution in [3.63, 3.8) is 0 Å². The van der Waals surface area contributed by atoms with Crippen molar-refractivity contribution in [3.05, 3.63) is 48.6 Å². The molecule has 0 aliphatic carbocycles. The zero-order valence-electron chi connectivity index (χ0n) is 53.9. The highest BCUT2D eigenvalue weighted by Gasteiger charge is 2.19. The van der Waals surface area contributed by atoms with Gasteiger partial charge in [0, 0.05) is 19.3 Å². The van der Waals surface area contributed by atoms with E-state index in [4.69, 9.17) is 14.2 Å². The Morgan fingerprint density at radius 2 is 0.487 bits per heavy atom. The second-order valence-electron chi connectivity index (χ2n) is 24.1. The van der Waals surface area contributed by atoms with Gasteiger partial charge in [0.1, 0.15) is 13.2 Å². The van der Waals surface area contributed by atoms with Crippen molar-refractivity contribution in [2.24, 2.45) is 0 Å². The molecule has 0 saturated carbocycles. The number of unbranched alkanes of at least 4 members (excludes halogenated alkanes) is 47. The molecule has 1 atom stereocenters. The summed E-state index contributed by atoms with van der Waals surface area (Å²) >= 11 is 0. The predicted octanol–water partition coefficient (Wildman–Crippen LogP) is 24.5. The van der Waals surface area contributed by atoms with Gasteiger partial charge in [0.15, 0.2) is 6.10 Å². The van der Waals surface area contributed by atoms with Crippen molar-refractivity contribution < 1.29 is 28.6 Å². The van der Waals surface area contributed by atoms with Crippen LogP contribution in [0.3, 0.4) is 0 Å². The Kier molecular flexibility index (Phi) is 66.6. The average molecular weight is 1120 g/mol. The van der Waals surface area contributed by atoms with Gasteiger partial charge in [-0.05, 0) is 57.8 Å². The minimum Gasteiger partial charge on any atom is -0.462 e. The lowest BCUT2D eigenvalue weighted by Gasteiger charge is -2.18. The van der Waals surface area contributed by atoms with Crippen molar-refractivity contribution in [2.75, 3.05) is 13.2 Å². The third-order valence-electron chi connectivity index (χ3n) is 16.1. The van der Waals surface area contributed by atoms with Gasteiger partial charge in [-0.25, -0.2) is 0 Å². The Bertz CT molecular complexity index is 1380. The molecule has 1 unspecified atom stereocenters. The minimum atomic E-state index is -0.766. The summed E-state index contributed by atoms with van der Waals surface area (Å²) in [6.07, 6.45) is 87.4. The molecular weight excluding hydrogens is 985 g/mol. The molecule has 0 rings (SSSR count). The molecule has 0 aromatic rings. The van der Waals surface area contributed by atoms with Crippen LogP contribution >= 0.6 is 0 Å². The van der Waals surface area contributed by atoms with Crippen LogP contribution in [-0.2, 0) is 28.6 Å².